The van der Waals surface area contributed by atoms with Crippen LogP contribution in [0.15, 0.2) is 35.3 Å². The lowest BCUT2D eigenvalue weighted by Crippen LogP contribution is -2.42. The highest BCUT2D eigenvalue weighted by Gasteiger charge is 2.19. The number of hydrogen-bond donors (Lipinski definition) is 2. The first kappa shape index (κ1) is 24.2. The predicted octanol–water partition coefficient (Wildman–Crippen LogP) is 2.56. The minimum atomic E-state index is -0.481. The number of esters is 1. The molecule has 2 N–H and O–H groups in total. The zero-order valence-electron chi connectivity index (χ0n) is 18.9. The number of piperidine rings is 1. The molecule has 1 saturated heterocycles. The molecule has 0 aromatic heterocycles. The second-order valence-electron chi connectivity index (χ2n) is 8.62. The van der Waals surface area contributed by atoms with E-state index in [2.05, 4.69) is 50.9 Å². The van der Waals surface area contributed by atoms with Gasteiger partial charge in [0.2, 0.25) is 0 Å². The number of ether oxygens (including phenoxy) is 2. The number of aliphatic imine (C=N–C) groups is 1. The van der Waals surface area contributed by atoms with E-state index in [1.54, 1.807) is 7.05 Å². The van der Waals surface area contributed by atoms with Gasteiger partial charge in [-0.25, -0.2) is 0 Å². The molecular weight excluding hydrogens is 380 g/mol. The lowest BCUT2D eigenvalue weighted by molar-refractivity contribution is -0.153. The van der Waals surface area contributed by atoms with E-state index in [0.717, 1.165) is 52.0 Å². The number of rotatable bonds is 9. The van der Waals surface area contributed by atoms with Crippen molar-refractivity contribution in [3.63, 3.8) is 0 Å². The maximum absolute atomic E-state index is 11.8. The van der Waals surface area contributed by atoms with Crippen LogP contribution in [0.4, 0.5) is 0 Å². The molecule has 0 bridgehead atoms. The minimum Gasteiger partial charge on any atom is -0.459 e. The highest BCUT2D eigenvalue weighted by atomic mass is 16.6. The van der Waals surface area contributed by atoms with Gasteiger partial charge < -0.3 is 20.1 Å². The fourth-order valence-corrected chi connectivity index (χ4v) is 3.36. The summed E-state index contributed by atoms with van der Waals surface area (Å²) in [6.07, 6.45) is 3.40. The highest BCUT2D eigenvalue weighted by molar-refractivity contribution is 5.84. The van der Waals surface area contributed by atoms with Crippen LogP contribution < -0.4 is 10.6 Å². The zero-order chi connectivity index (χ0) is 21.8. The Morgan fingerprint density at radius 2 is 1.87 bits per heavy atom. The molecule has 0 aliphatic carbocycles. The zero-order valence-corrected chi connectivity index (χ0v) is 18.9. The molecule has 1 heterocycles. The van der Waals surface area contributed by atoms with Gasteiger partial charge in [-0.1, -0.05) is 30.3 Å². The Hall–Kier alpha value is -2.12. The van der Waals surface area contributed by atoms with E-state index >= 15 is 0 Å². The first-order valence-electron chi connectivity index (χ1n) is 10.9. The van der Waals surface area contributed by atoms with Crippen LogP contribution >= 0.6 is 0 Å². The molecule has 1 aliphatic rings. The highest BCUT2D eigenvalue weighted by Crippen LogP contribution is 2.16. The molecule has 0 amide bonds. The van der Waals surface area contributed by atoms with Gasteiger partial charge in [-0.3, -0.25) is 14.7 Å². The summed E-state index contributed by atoms with van der Waals surface area (Å²) in [4.78, 5) is 18.4. The van der Waals surface area contributed by atoms with Crippen LogP contribution in [0.5, 0.6) is 0 Å². The quantitative estimate of drug-likeness (QED) is 0.278. The van der Waals surface area contributed by atoms with E-state index in [1.807, 2.05) is 20.8 Å². The van der Waals surface area contributed by atoms with Gasteiger partial charge in [-0.2, -0.15) is 0 Å². The first-order valence-corrected chi connectivity index (χ1v) is 10.9. The second-order valence-corrected chi connectivity index (χ2v) is 8.62. The molecule has 0 unspecified atom stereocenters. The smallest absolute Gasteiger partial charge is 0.325 e. The first-order chi connectivity index (χ1) is 14.4. The predicted molar refractivity (Wildman–Crippen MR) is 121 cm³/mol. The summed E-state index contributed by atoms with van der Waals surface area (Å²) < 4.78 is 11.3. The molecule has 2 rings (SSSR count). The molecule has 168 valence electrons. The maximum Gasteiger partial charge on any atom is 0.325 e. The summed E-state index contributed by atoms with van der Waals surface area (Å²) in [6.45, 7) is 10.3. The van der Waals surface area contributed by atoms with Crippen LogP contribution in [-0.4, -0.2) is 68.4 Å². The summed E-state index contributed by atoms with van der Waals surface area (Å²) >= 11 is 0. The summed E-state index contributed by atoms with van der Waals surface area (Å²) in [5.41, 5.74) is 0.890. The molecule has 1 aromatic carbocycles. The third-order valence-electron chi connectivity index (χ3n) is 4.79. The molecule has 7 heteroatoms. The van der Waals surface area contributed by atoms with Crippen molar-refractivity contribution in [3.05, 3.63) is 35.9 Å². The van der Waals surface area contributed by atoms with Crippen molar-refractivity contribution in [2.24, 2.45) is 4.99 Å². The lowest BCUT2D eigenvalue weighted by atomic mass is 10.1. The van der Waals surface area contributed by atoms with Crippen molar-refractivity contribution in [1.29, 1.82) is 0 Å². The number of hydrogen-bond acceptors (Lipinski definition) is 5. The van der Waals surface area contributed by atoms with Gasteiger partial charge in [-0.15, -0.1) is 0 Å². The van der Waals surface area contributed by atoms with Gasteiger partial charge in [0.15, 0.2) is 5.96 Å². The van der Waals surface area contributed by atoms with Crippen LogP contribution in [0.2, 0.25) is 0 Å². The monoisotopic (exact) mass is 418 g/mol. The Kier molecular flexibility index (Phi) is 10.1. The summed E-state index contributed by atoms with van der Waals surface area (Å²) in [7, 11) is 1.68. The average molecular weight is 419 g/mol. The van der Waals surface area contributed by atoms with E-state index < -0.39 is 5.60 Å². The lowest BCUT2D eigenvalue weighted by Gasteiger charge is -2.32. The van der Waals surface area contributed by atoms with Crippen LogP contribution in [0.1, 0.15) is 45.6 Å². The Bertz CT molecular complexity index is 650. The molecule has 0 atom stereocenters. The number of nitrogens with zero attached hydrogens (tertiary/aromatic N) is 2. The molecule has 1 fully saturated rings. The Morgan fingerprint density at radius 1 is 1.17 bits per heavy atom. The summed E-state index contributed by atoms with van der Waals surface area (Å²) in [5.74, 6) is 0.294. The van der Waals surface area contributed by atoms with E-state index in [-0.39, 0.29) is 12.5 Å². The number of benzene rings is 1. The van der Waals surface area contributed by atoms with Crippen molar-refractivity contribution < 1.29 is 14.3 Å². The van der Waals surface area contributed by atoms with Crippen molar-refractivity contribution >= 4 is 11.9 Å². The number of carbonyl (C=O) groups excluding carboxylic acids is 1. The van der Waals surface area contributed by atoms with Gasteiger partial charge in [0.25, 0.3) is 0 Å². The van der Waals surface area contributed by atoms with Gasteiger partial charge in [0, 0.05) is 39.8 Å². The van der Waals surface area contributed by atoms with Crippen molar-refractivity contribution in [1.82, 2.24) is 15.5 Å². The van der Waals surface area contributed by atoms with E-state index in [1.165, 1.54) is 5.56 Å². The fourth-order valence-electron chi connectivity index (χ4n) is 3.36. The standard InChI is InChI=1S/C23H38N4O3/c1-23(2,3)30-21(28)17-26-22(24-4)25-13-8-16-29-20-11-14-27(15-12-20)18-19-9-6-5-7-10-19/h5-7,9-10,20H,8,11-18H2,1-4H3,(H2,24,25,26). The van der Waals surface area contributed by atoms with Gasteiger partial charge >= 0.3 is 5.97 Å². The minimum absolute atomic E-state index is 0.0923. The second kappa shape index (κ2) is 12.5. The molecule has 0 spiro atoms. The molecule has 30 heavy (non-hydrogen) atoms. The Morgan fingerprint density at radius 3 is 2.50 bits per heavy atom. The SMILES string of the molecule is CN=C(NCCCOC1CCN(Cc2ccccc2)CC1)NCC(=O)OC(C)(C)C. The number of likely N-dealkylation sites (tertiary alicyclic amines) is 1. The van der Waals surface area contributed by atoms with Crippen molar-refractivity contribution in [2.45, 2.75) is 58.3 Å². The third-order valence-corrected chi connectivity index (χ3v) is 4.79. The Balaban J connectivity index is 1.52. The summed E-state index contributed by atoms with van der Waals surface area (Å²) in [6, 6.07) is 10.6. The largest absolute Gasteiger partial charge is 0.459 e. The molecule has 1 aromatic rings. The normalized spacial score (nSPS) is 16.3. The molecule has 0 radical (unpaired) electrons. The number of guanidine groups is 1. The molecule has 7 nitrogen and oxygen atoms in total. The fraction of sp³-hybridized carbons (Fsp3) is 0.652. The summed E-state index contributed by atoms with van der Waals surface area (Å²) in [5, 5.41) is 6.18. The number of carbonyl (C=O) groups is 1. The van der Waals surface area contributed by atoms with Crippen LogP contribution in [-0.2, 0) is 20.8 Å². The van der Waals surface area contributed by atoms with Gasteiger partial charge in [0.05, 0.1) is 6.10 Å². The third kappa shape index (κ3) is 10.1. The van der Waals surface area contributed by atoms with E-state index in [0.29, 0.717) is 12.1 Å². The Labute approximate surface area is 181 Å². The van der Waals surface area contributed by atoms with Crippen LogP contribution in [0.25, 0.3) is 0 Å². The average Bonchev–Trinajstić information content (AvgIpc) is 2.71. The molecule has 1 aliphatic heterocycles. The van der Waals surface area contributed by atoms with E-state index in [9.17, 15) is 4.79 Å². The van der Waals surface area contributed by atoms with Crippen LogP contribution in [0.3, 0.4) is 0 Å². The maximum atomic E-state index is 11.8. The van der Waals surface area contributed by atoms with Crippen molar-refractivity contribution in [3.8, 4) is 0 Å². The van der Waals surface area contributed by atoms with E-state index in [4.69, 9.17) is 9.47 Å². The molecular formula is C23H38N4O3. The number of nitrogens with one attached hydrogen (secondary N) is 2. The van der Waals surface area contributed by atoms with Crippen molar-refractivity contribution in [2.75, 3.05) is 39.8 Å². The van der Waals surface area contributed by atoms with Gasteiger partial charge in [0.1, 0.15) is 12.1 Å². The molecule has 0 saturated carbocycles. The topological polar surface area (TPSA) is 75.2 Å². The van der Waals surface area contributed by atoms with Gasteiger partial charge in [-0.05, 0) is 45.6 Å². The van der Waals surface area contributed by atoms with Crippen LogP contribution in [0, 0.1) is 0 Å².